The van der Waals surface area contributed by atoms with Gasteiger partial charge in [0.05, 0.1) is 8.66 Å². The van der Waals surface area contributed by atoms with Gasteiger partial charge >= 0.3 is 0 Å². The highest BCUT2D eigenvalue weighted by Crippen LogP contribution is 2.29. The van der Waals surface area contributed by atoms with Crippen LogP contribution in [0.3, 0.4) is 0 Å². The Balaban J connectivity index is 2.36. The molecular formula is C14H13BrOS. The molecule has 1 heterocycles. The maximum Gasteiger partial charge on any atom is 0.202 e. The highest BCUT2D eigenvalue weighted by molar-refractivity contribution is 9.11. The van der Waals surface area contributed by atoms with Crippen molar-refractivity contribution in [1.29, 1.82) is 0 Å². The van der Waals surface area contributed by atoms with Gasteiger partial charge in [-0.1, -0.05) is 25.1 Å². The molecule has 0 spiro atoms. The second kappa shape index (κ2) is 5.15. The predicted molar refractivity (Wildman–Crippen MR) is 76.0 cm³/mol. The number of carbonyl (C=O) groups is 1. The molecule has 3 heteroatoms. The first kappa shape index (κ1) is 12.5. The molecule has 2 rings (SSSR count). The SMILES string of the molecule is CCc1cccc(C(=O)c2cc(C)c(Br)s2)c1. The van der Waals surface area contributed by atoms with Gasteiger partial charge in [-0.2, -0.15) is 0 Å². The van der Waals surface area contributed by atoms with Crippen LogP contribution >= 0.6 is 27.3 Å². The summed E-state index contributed by atoms with van der Waals surface area (Å²) in [7, 11) is 0. The van der Waals surface area contributed by atoms with Gasteiger partial charge in [-0.3, -0.25) is 4.79 Å². The minimum absolute atomic E-state index is 0.110. The number of hydrogen-bond donors (Lipinski definition) is 0. The number of halogens is 1. The third kappa shape index (κ3) is 2.67. The Morgan fingerprint density at radius 2 is 2.12 bits per heavy atom. The fraction of sp³-hybridized carbons (Fsp3) is 0.214. The molecule has 0 aliphatic rings. The lowest BCUT2D eigenvalue weighted by Crippen LogP contribution is -1.99. The van der Waals surface area contributed by atoms with E-state index in [-0.39, 0.29) is 5.78 Å². The van der Waals surface area contributed by atoms with Crippen molar-refractivity contribution in [3.05, 3.63) is 55.7 Å². The van der Waals surface area contributed by atoms with Gasteiger partial charge in [0.15, 0.2) is 0 Å². The summed E-state index contributed by atoms with van der Waals surface area (Å²) in [5.74, 6) is 0.110. The molecule has 0 aliphatic carbocycles. The van der Waals surface area contributed by atoms with Gasteiger partial charge < -0.3 is 0 Å². The van der Waals surface area contributed by atoms with E-state index in [0.29, 0.717) is 0 Å². The van der Waals surface area contributed by atoms with Crippen molar-refractivity contribution in [2.24, 2.45) is 0 Å². The second-order valence-electron chi connectivity index (χ2n) is 3.95. The molecule has 0 N–H and O–H groups in total. The van der Waals surface area contributed by atoms with Crippen molar-refractivity contribution < 1.29 is 4.79 Å². The van der Waals surface area contributed by atoms with E-state index < -0.39 is 0 Å². The monoisotopic (exact) mass is 308 g/mol. The topological polar surface area (TPSA) is 17.1 Å². The molecule has 0 aliphatic heterocycles. The Hall–Kier alpha value is -0.930. The molecule has 2 aromatic rings. The van der Waals surface area contributed by atoms with Gasteiger partial charge in [0.2, 0.25) is 5.78 Å². The average Bonchev–Trinajstić information content (AvgIpc) is 2.69. The molecule has 0 unspecified atom stereocenters. The van der Waals surface area contributed by atoms with E-state index >= 15 is 0 Å². The number of ketones is 1. The predicted octanol–water partition coefficient (Wildman–Crippen LogP) is 4.61. The van der Waals surface area contributed by atoms with E-state index in [1.165, 1.54) is 16.9 Å². The quantitative estimate of drug-likeness (QED) is 0.757. The third-order valence-corrected chi connectivity index (χ3v) is 4.81. The highest BCUT2D eigenvalue weighted by Gasteiger charge is 2.13. The highest BCUT2D eigenvalue weighted by atomic mass is 79.9. The average molecular weight is 309 g/mol. The summed E-state index contributed by atoms with van der Waals surface area (Å²) in [5, 5.41) is 0. The third-order valence-electron chi connectivity index (χ3n) is 2.68. The van der Waals surface area contributed by atoms with Crippen LogP contribution in [0, 0.1) is 6.92 Å². The van der Waals surface area contributed by atoms with E-state index in [0.717, 1.165) is 26.2 Å². The van der Waals surface area contributed by atoms with Crippen LogP contribution in [0.2, 0.25) is 0 Å². The first-order valence-corrected chi connectivity index (χ1v) is 7.12. The van der Waals surface area contributed by atoms with E-state index in [2.05, 4.69) is 22.9 Å². The summed E-state index contributed by atoms with van der Waals surface area (Å²) in [5.41, 5.74) is 3.09. The Bertz CT molecular complexity index is 538. The van der Waals surface area contributed by atoms with Gasteiger partial charge in [-0.25, -0.2) is 0 Å². The lowest BCUT2D eigenvalue weighted by Gasteiger charge is -2.01. The maximum absolute atomic E-state index is 12.3. The molecule has 88 valence electrons. The Labute approximate surface area is 114 Å². The molecule has 0 saturated carbocycles. The van der Waals surface area contributed by atoms with E-state index in [9.17, 15) is 4.79 Å². The molecule has 1 aromatic carbocycles. The van der Waals surface area contributed by atoms with Crippen LogP contribution in [0.5, 0.6) is 0 Å². The van der Waals surface area contributed by atoms with E-state index in [1.807, 2.05) is 37.3 Å². The van der Waals surface area contributed by atoms with Crippen LogP contribution in [0.15, 0.2) is 34.1 Å². The van der Waals surface area contributed by atoms with Crippen molar-refractivity contribution >= 4 is 33.0 Å². The zero-order valence-electron chi connectivity index (χ0n) is 9.79. The summed E-state index contributed by atoms with van der Waals surface area (Å²) < 4.78 is 1.03. The number of thiophene rings is 1. The fourth-order valence-corrected chi connectivity index (χ4v) is 3.14. The summed E-state index contributed by atoms with van der Waals surface area (Å²) in [4.78, 5) is 13.1. The fourth-order valence-electron chi connectivity index (χ4n) is 1.65. The first-order valence-electron chi connectivity index (χ1n) is 5.51. The van der Waals surface area contributed by atoms with Gasteiger partial charge in [0.25, 0.3) is 0 Å². The van der Waals surface area contributed by atoms with Crippen LogP contribution in [-0.2, 0) is 6.42 Å². The molecule has 0 radical (unpaired) electrons. The Morgan fingerprint density at radius 1 is 1.35 bits per heavy atom. The summed E-state index contributed by atoms with van der Waals surface area (Å²) in [6, 6.07) is 9.79. The zero-order chi connectivity index (χ0) is 12.4. The van der Waals surface area contributed by atoms with Gasteiger partial charge in [-0.15, -0.1) is 11.3 Å². The van der Waals surface area contributed by atoms with Gasteiger partial charge in [0, 0.05) is 5.56 Å². The molecule has 0 bridgehead atoms. The van der Waals surface area contributed by atoms with Crippen LogP contribution < -0.4 is 0 Å². The second-order valence-corrected chi connectivity index (χ2v) is 6.32. The lowest BCUT2D eigenvalue weighted by atomic mass is 10.0. The van der Waals surface area contributed by atoms with Crippen molar-refractivity contribution in [2.75, 3.05) is 0 Å². The van der Waals surface area contributed by atoms with Crippen molar-refractivity contribution in [3.8, 4) is 0 Å². The smallest absolute Gasteiger partial charge is 0.202 e. The number of benzene rings is 1. The van der Waals surface area contributed by atoms with E-state index in [1.54, 1.807) is 0 Å². The molecule has 17 heavy (non-hydrogen) atoms. The Kier molecular flexibility index (Phi) is 3.79. The largest absolute Gasteiger partial charge is 0.288 e. The number of hydrogen-bond acceptors (Lipinski definition) is 2. The molecular weight excluding hydrogens is 296 g/mol. The van der Waals surface area contributed by atoms with Crippen molar-refractivity contribution in [2.45, 2.75) is 20.3 Å². The summed E-state index contributed by atoms with van der Waals surface area (Å²) >= 11 is 4.95. The summed E-state index contributed by atoms with van der Waals surface area (Å²) in [6.07, 6.45) is 0.953. The van der Waals surface area contributed by atoms with Crippen LogP contribution in [-0.4, -0.2) is 5.78 Å². The van der Waals surface area contributed by atoms with Gasteiger partial charge in [-0.05, 0) is 52.5 Å². The molecule has 0 saturated heterocycles. The molecule has 1 aromatic heterocycles. The van der Waals surface area contributed by atoms with Crippen LogP contribution in [0.25, 0.3) is 0 Å². The molecule has 0 amide bonds. The zero-order valence-corrected chi connectivity index (χ0v) is 12.2. The van der Waals surface area contributed by atoms with Crippen molar-refractivity contribution in [3.63, 3.8) is 0 Å². The molecule has 0 fully saturated rings. The van der Waals surface area contributed by atoms with Crippen LogP contribution in [0.4, 0.5) is 0 Å². The molecule has 1 nitrogen and oxygen atoms in total. The number of aryl methyl sites for hydroxylation is 2. The van der Waals surface area contributed by atoms with Gasteiger partial charge in [0.1, 0.15) is 0 Å². The normalized spacial score (nSPS) is 10.5. The van der Waals surface area contributed by atoms with Crippen LogP contribution in [0.1, 0.15) is 33.3 Å². The minimum Gasteiger partial charge on any atom is -0.288 e. The number of carbonyl (C=O) groups excluding carboxylic acids is 1. The minimum atomic E-state index is 0.110. The first-order chi connectivity index (χ1) is 8.11. The summed E-state index contributed by atoms with van der Waals surface area (Å²) in [6.45, 7) is 4.09. The maximum atomic E-state index is 12.3. The Morgan fingerprint density at radius 3 is 2.71 bits per heavy atom. The van der Waals surface area contributed by atoms with Crippen molar-refractivity contribution in [1.82, 2.24) is 0 Å². The number of rotatable bonds is 3. The molecule has 0 atom stereocenters. The van der Waals surface area contributed by atoms with E-state index in [4.69, 9.17) is 0 Å². The standard InChI is InChI=1S/C14H13BrOS/c1-3-10-5-4-6-11(8-10)13(16)12-7-9(2)14(15)17-12/h4-8H,3H2,1-2H3. The lowest BCUT2D eigenvalue weighted by molar-refractivity contribution is 0.104.